The highest BCUT2D eigenvalue weighted by atomic mass is 32.1. The molecule has 0 unspecified atom stereocenters. The number of hydrogen-bond acceptors (Lipinski definition) is 4. The Kier molecular flexibility index (Phi) is 5.14. The Morgan fingerprint density at radius 3 is 2.55 bits per heavy atom. The van der Waals surface area contributed by atoms with Crippen LogP contribution in [0.1, 0.15) is 18.3 Å². The Bertz CT molecular complexity index is 583. The summed E-state index contributed by atoms with van der Waals surface area (Å²) in [5.41, 5.74) is 5.29. The third-order valence-corrected chi connectivity index (χ3v) is 2.75. The molecule has 0 amide bonds. The molecular weight excluding hydrogens is 270 g/mol. The topological polar surface area (TPSA) is 62.2 Å². The van der Waals surface area contributed by atoms with E-state index in [2.05, 4.69) is 25.8 Å². The van der Waals surface area contributed by atoms with Crippen molar-refractivity contribution in [3.63, 3.8) is 0 Å². The molecule has 102 valence electrons. The Morgan fingerprint density at radius 2 is 1.90 bits per heavy atom. The van der Waals surface area contributed by atoms with Crippen LogP contribution in [0.25, 0.3) is 0 Å². The van der Waals surface area contributed by atoms with E-state index in [1.807, 2.05) is 43.3 Å². The summed E-state index contributed by atoms with van der Waals surface area (Å²) in [5.74, 6) is 0. The van der Waals surface area contributed by atoms with Crippen molar-refractivity contribution < 1.29 is 0 Å². The molecule has 0 saturated carbocycles. The first-order valence-electron chi connectivity index (χ1n) is 6.15. The molecule has 20 heavy (non-hydrogen) atoms. The number of thiocarbonyl (C=S) groups is 1. The van der Waals surface area contributed by atoms with Gasteiger partial charge >= 0.3 is 0 Å². The van der Waals surface area contributed by atoms with Gasteiger partial charge in [-0.1, -0.05) is 12.1 Å². The van der Waals surface area contributed by atoms with Crippen molar-refractivity contribution in [3.8, 4) is 0 Å². The molecule has 0 aliphatic heterocycles. The first-order chi connectivity index (χ1) is 9.75. The Labute approximate surface area is 123 Å². The maximum Gasteiger partial charge on any atom is 0.187 e. The third-order valence-electron chi connectivity index (χ3n) is 2.52. The number of nitrogens with one attached hydrogen (secondary N) is 2. The number of hydrazone groups is 1. The van der Waals surface area contributed by atoms with Crippen LogP contribution in [0.5, 0.6) is 0 Å². The first-order valence-corrected chi connectivity index (χ1v) is 6.56. The molecule has 0 aromatic carbocycles. The summed E-state index contributed by atoms with van der Waals surface area (Å²) in [5, 5.41) is 7.67. The Morgan fingerprint density at radius 1 is 1.15 bits per heavy atom. The number of nitrogens with zero attached hydrogens (tertiary/aromatic N) is 3. The summed E-state index contributed by atoms with van der Waals surface area (Å²) in [6.45, 7) is 2.43. The highest BCUT2D eigenvalue weighted by molar-refractivity contribution is 7.80. The van der Waals surface area contributed by atoms with E-state index >= 15 is 0 Å². The van der Waals surface area contributed by atoms with Crippen molar-refractivity contribution >= 4 is 23.0 Å². The molecule has 2 heterocycles. The fourth-order valence-electron chi connectivity index (χ4n) is 1.48. The second-order valence-electron chi connectivity index (χ2n) is 4.03. The van der Waals surface area contributed by atoms with Crippen LogP contribution in [-0.4, -0.2) is 20.8 Å². The van der Waals surface area contributed by atoms with Gasteiger partial charge in [-0.05, 0) is 43.4 Å². The Balaban J connectivity index is 1.83. The van der Waals surface area contributed by atoms with Gasteiger partial charge in [0.1, 0.15) is 0 Å². The van der Waals surface area contributed by atoms with Crippen LogP contribution in [0.2, 0.25) is 0 Å². The molecule has 0 radical (unpaired) electrons. The summed E-state index contributed by atoms with van der Waals surface area (Å²) in [4.78, 5) is 8.40. The lowest BCUT2D eigenvalue weighted by molar-refractivity contribution is 0.839. The normalized spacial score (nSPS) is 10.9. The van der Waals surface area contributed by atoms with Gasteiger partial charge in [0.2, 0.25) is 0 Å². The molecule has 5 nitrogen and oxygen atoms in total. The molecule has 2 N–H and O–H groups in total. The minimum atomic E-state index is 0.450. The van der Waals surface area contributed by atoms with Crippen molar-refractivity contribution in [1.82, 2.24) is 20.7 Å². The summed E-state index contributed by atoms with van der Waals surface area (Å²) < 4.78 is 0. The van der Waals surface area contributed by atoms with Gasteiger partial charge in [0.25, 0.3) is 0 Å². The van der Waals surface area contributed by atoms with Crippen molar-refractivity contribution in [3.05, 3.63) is 60.2 Å². The number of aromatic nitrogens is 2. The van der Waals surface area contributed by atoms with Gasteiger partial charge in [0.05, 0.1) is 23.6 Å². The summed E-state index contributed by atoms with van der Waals surface area (Å²) in [6, 6.07) is 11.4. The number of rotatable bonds is 4. The zero-order valence-corrected chi connectivity index (χ0v) is 11.9. The predicted molar refractivity (Wildman–Crippen MR) is 83.3 cm³/mol. The van der Waals surface area contributed by atoms with Crippen molar-refractivity contribution in [2.45, 2.75) is 13.5 Å². The lowest BCUT2D eigenvalue weighted by Gasteiger charge is -2.07. The maximum atomic E-state index is 5.14. The molecule has 2 aromatic heterocycles. The fourth-order valence-corrected chi connectivity index (χ4v) is 1.60. The second-order valence-corrected chi connectivity index (χ2v) is 4.44. The summed E-state index contributed by atoms with van der Waals surface area (Å²) >= 11 is 5.14. The summed E-state index contributed by atoms with van der Waals surface area (Å²) in [6.07, 6.45) is 3.48. The minimum Gasteiger partial charge on any atom is -0.356 e. The lowest BCUT2D eigenvalue weighted by atomic mass is 10.3. The molecule has 0 atom stereocenters. The standard InChI is InChI=1S/C14H15N5S/c1-11(13-7-3-5-9-16-13)18-19-14(20)17-10-12-6-2-4-8-15-12/h2-9H,10H2,1H3,(H2,17,19,20)/b18-11+. The molecule has 2 rings (SSSR count). The van der Waals surface area contributed by atoms with Crippen LogP contribution in [0.4, 0.5) is 0 Å². The molecule has 6 heteroatoms. The van der Waals surface area contributed by atoms with Gasteiger partial charge in [-0.2, -0.15) is 5.10 Å². The SMILES string of the molecule is C/C(=N\NC(=S)NCc1ccccn1)c1ccccn1. The van der Waals surface area contributed by atoms with Crippen LogP contribution in [0, 0.1) is 0 Å². The van der Waals surface area contributed by atoms with E-state index in [4.69, 9.17) is 12.2 Å². The summed E-state index contributed by atoms with van der Waals surface area (Å²) in [7, 11) is 0. The van der Waals surface area contributed by atoms with E-state index in [0.717, 1.165) is 17.1 Å². The zero-order chi connectivity index (χ0) is 14.2. The molecule has 0 aliphatic rings. The van der Waals surface area contributed by atoms with Crippen LogP contribution in [0.3, 0.4) is 0 Å². The van der Waals surface area contributed by atoms with E-state index in [-0.39, 0.29) is 0 Å². The number of hydrogen-bond donors (Lipinski definition) is 2. The van der Waals surface area contributed by atoms with Crippen LogP contribution < -0.4 is 10.7 Å². The van der Waals surface area contributed by atoms with Crippen molar-refractivity contribution in [2.24, 2.45) is 5.10 Å². The average molecular weight is 285 g/mol. The molecule has 2 aromatic rings. The van der Waals surface area contributed by atoms with Gasteiger partial charge in [-0.25, -0.2) is 0 Å². The Hall–Kier alpha value is -2.34. The van der Waals surface area contributed by atoms with Crippen molar-refractivity contribution in [1.29, 1.82) is 0 Å². The van der Waals surface area contributed by atoms with Crippen LogP contribution in [0.15, 0.2) is 53.9 Å². The molecule has 0 spiro atoms. The first kappa shape index (κ1) is 14.1. The molecule has 0 saturated heterocycles. The van der Waals surface area contributed by atoms with E-state index in [1.54, 1.807) is 12.4 Å². The van der Waals surface area contributed by atoms with Crippen molar-refractivity contribution in [2.75, 3.05) is 0 Å². The highest BCUT2D eigenvalue weighted by Crippen LogP contribution is 1.95. The van der Waals surface area contributed by atoms with Gasteiger partial charge in [0.15, 0.2) is 5.11 Å². The predicted octanol–water partition coefficient (Wildman–Crippen LogP) is 1.86. The smallest absolute Gasteiger partial charge is 0.187 e. The molecular formula is C14H15N5S. The lowest BCUT2D eigenvalue weighted by Crippen LogP contribution is -2.32. The highest BCUT2D eigenvalue weighted by Gasteiger charge is 1.99. The largest absolute Gasteiger partial charge is 0.356 e. The van der Waals surface area contributed by atoms with Crippen LogP contribution >= 0.6 is 12.2 Å². The van der Waals surface area contributed by atoms with E-state index in [1.165, 1.54) is 0 Å². The monoisotopic (exact) mass is 285 g/mol. The van der Waals surface area contributed by atoms with E-state index in [0.29, 0.717) is 11.7 Å². The second kappa shape index (κ2) is 7.30. The third kappa shape index (κ3) is 4.40. The zero-order valence-electron chi connectivity index (χ0n) is 11.1. The molecule has 0 aliphatic carbocycles. The molecule has 0 fully saturated rings. The quantitative estimate of drug-likeness (QED) is 0.510. The molecule has 0 bridgehead atoms. The van der Waals surface area contributed by atoms with Gasteiger partial charge < -0.3 is 5.32 Å². The average Bonchev–Trinajstić information content (AvgIpc) is 2.52. The fraction of sp³-hybridized carbons (Fsp3) is 0.143. The minimum absolute atomic E-state index is 0.450. The van der Waals surface area contributed by atoms with Gasteiger partial charge in [-0.3, -0.25) is 15.4 Å². The van der Waals surface area contributed by atoms with E-state index in [9.17, 15) is 0 Å². The van der Waals surface area contributed by atoms with Gasteiger partial charge in [-0.15, -0.1) is 0 Å². The van der Waals surface area contributed by atoms with Gasteiger partial charge in [0, 0.05) is 12.4 Å². The maximum absolute atomic E-state index is 5.14. The van der Waals surface area contributed by atoms with E-state index < -0.39 is 0 Å². The van der Waals surface area contributed by atoms with Crippen LogP contribution in [-0.2, 0) is 6.54 Å². The number of pyridine rings is 2.